The number of halogens is 4. The summed E-state index contributed by atoms with van der Waals surface area (Å²) in [4.78, 5) is 0. The molecule has 1 unspecified atom stereocenters. The van der Waals surface area contributed by atoms with Crippen molar-refractivity contribution in [2.24, 2.45) is 0 Å². The molecule has 0 aliphatic carbocycles. The fraction of sp³-hybridized carbons (Fsp3) is 0.200. The van der Waals surface area contributed by atoms with Crippen molar-refractivity contribution >= 4 is 23.2 Å². The number of hydrogen-bond acceptors (Lipinski definition) is 2. The molecule has 0 amide bonds. The molecule has 0 aliphatic heterocycles. The summed E-state index contributed by atoms with van der Waals surface area (Å²) in [6.07, 6.45) is 0. The van der Waals surface area contributed by atoms with Crippen LogP contribution in [0.25, 0.3) is 0 Å². The molecular weight excluding hydrogens is 321 g/mol. The van der Waals surface area contributed by atoms with Crippen LogP contribution in [-0.2, 0) is 0 Å². The summed E-state index contributed by atoms with van der Waals surface area (Å²) in [5.41, 5.74) is 0.172. The molecule has 2 aromatic carbocycles. The number of alkyl halides is 1. The molecule has 2 aromatic rings. The minimum absolute atomic E-state index is 0.0703. The second-order valence-electron chi connectivity index (χ2n) is 4.23. The summed E-state index contributed by atoms with van der Waals surface area (Å²) in [6.45, 7) is 0. The molecule has 112 valence electrons. The van der Waals surface area contributed by atoms with Gasteiger partial charge in [0.05, 0.1) is 24.6 Å². The van der Waals surface area contributed by atoms with E-state index in [-0.39, 0.29) is 21.9 Å². The van der Waals surface area contributed by atoms with Crippen LogP contribution in [-0.4, -0.2) is 14.2 Å². The van der Waals surface area contributed by atoms with Crippen LogP contribution < -0.4 is 9.47 Å². The Kier molecular flexibility index (Phi) is 4.91. The van der Waals surface area contributed by atoms with Gasteiger partial charge in [0, 0.05) is 17.2 Å². The summed E-state index contributed by atoms with van der Waals surface area (Å²) < 4.78 is 38.2. The van der Waals surface area contributed by atoms with Crippen molar-refractivity contribution in [2.45, 2.75) is 5.38 Å². The summed E-state index contributed by atoms with van der Waals surface area (Å²) in [5.74, 6) is -0.753. The highest BCUT2D eigenvalue weighted by atomic mass is 35.5. The van der Waals surface area contributed by atoms with Gasteiger partial charge in [0.2, 0.25) is 0 Å². The van der Waals surface area contributed by atoms with E-state index in [0.29, 0.717) is 5.75 Å². The lowest BCUT2D eigenvalue weighted by atomic mass is 10.0. The normalized spacial score (nSPS) is 12.1. The Balaban J connectivity index is 2.53. The lowest BCUT2D eigenvalue weighted by molar-refractivity contribution is 0.351. The number of ether oxygens (including phenoxy) is 2. The third-order valence-electron chi connectivity index (χ3n) is 3.03. The van der Waals surface area contributed by atoms with Gasteiger partial charge < -0.3 is 9.47 Å². The second-order valence-corrected chi connectivity index (χ2v) is 5.08. The molecular formula is C15H12Cl2F2O2. The molecule has 0 fully saturated rings. The van der Waals surface area contributed by atoms with E-state index < -0.39 is 17.0 Å². The Labute approximate surface area is 131 Å². The molecule has 21 heavy (non-hydrogen) atoms. The number of hydrogen-bond donors (Lipinski definition) is 0. The van der Waals surface area contributed by atoms with Crippen molar-refractivity contribution in [3.05, 3.63) is 58.1 Å². The topological polar surface area (TPSA) is 18.5 Å². The minimum Gasteiger partial charge on any atom is -0.493 e. The summed E-state index contributed by atoms with van der Waals surface area (Å²) in [6, 6.07) is 6.93. The molecule has 0 saturated carbocycles. The number of benzene rings is 2. The highest BCUT2D eigenvalue weighted by Crippen LogP contribution is 2.39. The van der Waals surface area contributed by atoms with E-state index in [4.69, 9.17) is 32.7 Å². The molecule has 2 rings (SSSR count). The first-order valence-electron chi connectivity index (χ1n) is 5.99. The van der Waals surface area contributed by atoms with Crippen molar-refractivity contribution < 1.29 is 18.3 Å². The van der Waals surface area contributed by atoms with Crippen LogP contribution in [0.4, 0.5) is 8.78 Å². The molecule has 0 heterocycles. The number of methoxy groups -OCH3 is 2. The molecule has 0 aromatic heterocycles. The van der Waals surface area contributed by atoms with E-state index in [2.05, 4.69) is 0 Å². The molecule has 0 radical (unpaired) electrons. The van der Waals surface area contributed by atoms with E-state index in [9.17, 15) is 8.78 Å². The van der Waals surface area contributed by atoms with E-state index in [0.717, 1.165) is 6.07 Å². The Morgan fingerprint density at radius 1 is 1.00 bits per heavy atom. The lowest BCUT2D eigenvalue weighted by Crippen LogP contribution is -2.02. The number of rotatable bonds is 4. The maximum atomic E-state index is 14.1. The molecule has 0 bridgehead atoms. The Bertz CT molecular complexity index is 662. The minimum atomic E-state index is -1.04. The first-order chi connectivity index (χ1) is 9.99. The van der Waals surface area contributed by atoms with Crippen LogP contribution >= 0.6 is 23.2 Å². The maximum Gasteiger partial charge on any atom is 0.163 e. The predicted octanol–water partition coefficient (Wildman–Crippen LogP) is 4.96. The Morgan fingerprint density at radius 2 is 1.62 bits per heavy atom. The van der Waals surface area contributed by atoms with Gasteiger partial charge in [0.25, 0.3) is 0 Å². The Morgan fingerprint density at radius 3 is 2.24 bits per heavy atom. The third kappa shape index (κ3) is 3.06. The van der Waals surface area contributed by atoms with Gasteiger partial charge in [0.15, 0.2) is 11.5 Å². The zero-order valence-electron chi connectivity index (χ0n) is 11.3. The summed E-state index contributed by atoms with van der Waals surface area (Å²) in [7, 11) is 2.81. The predicted molar refractivity (Wildman–Crippen MR) is 78.6 cm³/mol. The van der Waals surface area contributed by atoms with E-state index in [1.165, 1.54) is 32.4 Å². The summed E-state index contributed by atoms with van der Waals surface area (Å²) in [5, 5.41) is -1.11. The van der Waals surface area contributed by atoms with Crippen molar-refractivity contribution in [2.75, 3.05) is 14.2 Å². The van der Waals surface area contributed by atoms with Gasteiger partial charge in [-0.15, -0.1) is 11.6 Å². The van der Waals surface area contributed by atoms with Crippen molar-refractivity contribution in [3.63, 3.8) is 0 Å². The third-order valence-corrected chi connectivity index (χ3v) is 3.79. The molecule has 0 spiro atoms. The van der Waals surface area contributed by atoms with E-state index in [1.807, 2.05) is 0 Å². The second kappa shape index (κ2) is 6.50. The van der Waals surface area contributed by atoms with Crippen LogP contribution in [0.2, 0.25) is 5.02 Å². The molecule has 6 heteroatoms. The molecule has 0 saturated heterocycles. The van der Waals surface area contributed by atoms with Crippen LogP contribution in [0, 0.1) is 11.6 Å². The van der Waals surface area contributed by atoms with Crippen LogP contribution in [0.3, 0.4) is 0 Å². The fourth-order valence-electron chi connectivity index (χ4n) is 1.95. The van der Waals surface area contributed by atoms with Crippen molar-refractivity contribution in [1.82, 2.24) is 0 Å². The van der Waals surface area contributed by atoms with Crippen molar-refractivity contribution in [3.8, 4) is 11.5 Å². The van der Waals surface area contributed by atoms with E-state index >= 15 is 0 Å². The molecule has 0 N–H and O–H groups in total. The van der Waals surface area contributed by atoms with Gasteiger partial charge in [-0.3, -0.25) is 0 Å². The van der Waals surface area contributed by atoms with Gasteiger partial charge in [-0.25, -0.2) is 8.78 Å². The van der Waals surface area contributed by atoms with Gasteiger partial charge >= 0.3 is 0 Å². The van der Waals surface area contributed by atoms with Gasteiger partial charge in [-0.05, 0) is 12.1 Å². The standard InChI is InChI=1S/C15H12Cl2F2O2/c1-20-12-6-9(11(18)7-13(12)21-2)14(17)8-4-3-5-10(16)15(8)19/h3-7,14H,1-2H3. The molecule has 0 aliphatic rings. The maximum absolute atomic E-state index is 14.1. The Hall–Kier alpha value is -1.52. The molecule has 2 nitrogen and oxygen atoms in total. The smallest absolute Gasteiger partial charge is 0.163 e. The van der Waals surface area contributed by atoms with Crippen molar-refractivity contribution in [1.29, 1.82) is 0 Å². The highest BCUT2D eigenvalue weighted by Gasteiger charge is 2.22. The van der Waals surface area contributed by atoms with E-state index in [1.54, 1.807) is 6.07 Å². The van der Waals surface area contributed by atoms with Gasteiger partial charge in [-0.2, -0.15) is 0 Å². The quantitative estimate of drug-likeness (QED) is 0.736. The fourth-order valence-corrected chi connectivity index (χ4v) is 2.47. The van der Waals surface area contributed by atoms with Crippen LogP contribution in [0.1, 0.15) is 16.5 Å². The largest absolute Gasteiger partial charge is 0.493 e. The summed E-state index contributed by atoms with van der Waals surface area (Å²) >= 11 is 11.9. The average molecular weight is 333 g/mol. The first-order valence-corrected chi connectivity index (χ1v) is 6.80. The SMILES string of the molecule is COc1cc(F)c(C(Cl)c2cccc(Cl)c2F)cc1OC. The monoisotopic (exact) mass is 332 g/mol. The van der Waals surface area contributed by atoms with Crippen LogP contribution in [0.15, 0.2) is 30.3 Å². The van der Waals surface area contributed by atoms with Crippen LogP contribution in [0.5, 0.6) is 11.5 Å². The van der Waals surface area contributed by atoms with Gasteiger partial charge in [-0.1, -0.05) is 23.7 Å². The lowest BCUT2D eigenvalue weighted by Gasteiger charge is -2.16. The molecule has 1 atom stereocenters. The average Bonchev–Trinajstić information content (AvgIpc) is 2.49. The highest BCUT2D eigenvalue weighted by molar-refractivity contribution is 6.31. The zero-order valence-corrected chi connectivity index (χ0v) is 12.8. The first kappa shape index (κ1) is 15.9. The van der Waals surface area contributed by atoms with Gasteiger partial charge in [0.1, 0.15) is 11.6 Å². The zero-order chi connectivity index (χ0) is 15.6.